The van der Waals surface area contributed by atoms with Gasteiger partial charge in [-0.25, -0.2) is 0 Å². The number of phenolic OH excluding ortho intramolecular Hbond substituents is 1. The van der Waals surface area contributed by atoms with E-state index >= 15 is 0 Å². The minimum Gasteiger partial charge on any atom is -0.508 e. The van der Waals surface area contributed by atoms with Gasteiger partial charge in [0.2, 0.25) is 5.91 Å². The minimum absolute atomic E-state index is 0.0774. The Labute approximate surface area is 197 Å². The van der Waals surface area contributed by atoms with Gasteiger partial charge in [-0.3, -0.25) is 19.3 Å². The van der Waals surface area contributed by atoms with Crippen LogP contribution in [-0.2, 0) is 4.79 Å². The van der Waals surface area contributed by atoms with Crippen molar-refractivity contribution >= 4 is 29.1 Å². The number of hydrogen-bond acceptors (Lipinski definition) is 4. The lowest BCUT2D eigenvalue weighted by molar-refractivity contribution is -0.116. The molecule has 0 aliphatic carbocycles. The summed E-state index contributed by atoms with van der Waals surface area (Å²) in [7, 11) is 0. The zero-order valence-electron chi connectivity index (χ0n) is 18.6. The summed E-state index contributed by atoms with van der Waals surface area (Å²) in [5.41, 5.74) is 3.32. The van der Waals surface area contributed by atoms with Crippen LogP contribution in [0.25, 0.3) is 0 Å². The molecule has 0 spiro atoms. The van der Waals surface area contributed by atoms with E-state index in [1.165, 1.54) is 12.1 Å². The van der Waals surface area contributed by atoms with Crippen LogP contribution < -0.4 is 10.2 Å². The maximum Gasteiger partial charge on any atom is 0.260 e. The number of carbonyl (C=O) groups excluding carboxylic acids is 3. The highest BCUT2D eigenvalue weighted by Gasteiger charge is 2.47. The van der Waals surface area contributed by atoms with E-state index in [2.05, 4.69) is 5.32 Å². The molecule has 0 bridgehead atoms. The van der Waals surface area contributed by atoms with Crippen molar-refractivity contribution in [2.24, 2.45) is 0 Å². The molecule has 3 aromatic carbocycles. The van der Waals surface area contributed by atoms with Gasteiger partial charge >= 0.3 is 0 Å². The number of hydrogen-bond donors (Lipinski definition) is 2. The minimum atomic E-state index is -0.441. The second-order valence-corrected chi connectivity index (χ2v) is 8.56. The number of para-hydroxylation sites is 1. The molecule has 172 valence electrons. The number of rotatable bonds is 7. The molecule has 2 heterocycles. The first kappa shape index (κ1) is 21.7. The largest absolute Gasteiger partial charge is 0.508 e. The SMILES string of the molecule is O=C(CCCCCN1C(=O)c2ccccc2N2C(=O)c3ccccc3C12)Nc1ccc(O)cc1. The fourth-order valence-corrected chi connectivity index (χ4v) is 4.71. The Morgan fingerprint density at radius 2 is 1.53 bits per heavy atom. The summed E-state index contributed by atoms with van der Waals surface area (Å²) in [4.78, 5) is 42.3. The van der Waals surface area contributed by atoms with Gasteiger partial charge in [0.15, 0.2) is 0 Å². The summed E-state index contributed by atoms with van der Waals surface area (Å²) in [5, 5.41) is 12.1. The smallest absolute Gasteiger partial charge is 0.260 e. The van der Waals surface area contributed by atoms with Crippen molar-refractivity contribution in [2.75, 3.05) is 16.8 Å². The van der Waals surface area contributed by atoms with Crippen LogP contribution in [0.2, 0.25) is 0 Å². The van der Waals surface area contributed by atoms with Crippen molar-refractivity contribution in [3.05, 3.63) is 89.5 Å². The second-order valence-electron chi connectivity index (χ2n) is 8.56. The zero-order valence-corrected chi connectivity index (χ0v) is 18.6. The standard InChI is InChI=1S/C27H25N3O4/c31-19-15-13-18(14-16-19)28-24(32)12-2-1-7-17-29-25-20-8-3-4-9-21(20)27(34)30(25)23-11-6-5-10-22(23)26(29)33/h3-6,8-11,13-16,25,31H,1-2,7,12,17H2,(H,28,32). The highest BCUT2D eigenvalue weighted by atomic mass is 16.3. The lowest BCUT2D eigenvalue weighted by atomic mass is 10.0. The molecule has 3 amide bonds. The number of unbranched alkanes of at least 4 members (excludes halogenated alkanes) is 2. The molecule has 7 heteroatoms. The number of carbonyl (C=O) groups is 3. The lowest BCUT2D eigenvalue weighted by Crippen LogP contribution is -2.48. The normalized spacial score (nSPS) is 16.2. The summed E-state index contributed by atoms with van der Waals surface area (Å²) in [6.07, 6.45) is 2.11. The Hall–Kier alpha value is -4.13. The fraction of sp³-hybridized carbons (Fsp3) is 0.222. The zero-order chi connectivity index (χ0) is 23.7. The molecule has 0 saturated heterocycles. The van der Waals surface area contributed by atoms with E-state index in [9.17, 15) is 19.5 Å². The van der Waals surface area contributed by atoms with Crippen molar-refractivity contribution < 1.29 is 19.5 Å². The molecule has 2 N–H and O–H groups in total. The van der Waals surface area contributed by atoms with Gasteiger partial charge in [0.25, 0.3) is 11.8 Å². The number of phenols is 1. The Balaban J connectivity index is 1.24. The van der Waals surface area contributed by atoms with E-state index in [0.29, 0.717) is 41.9 Å². The summed E-state index contributed by atoms with van der Waals surface area (Å²) < 4.78 is 0. The maximum atomic E-state index is 13.4. The van der Waals surface area contributed by atoms with Crippen LogP contribution >= 0.6 is 0 Å². The molecular weight excluding hydrogens is 430 g/mol. The van der Waals surface area contributed by atoms with E-state index in [0.717, 1.165) is 18.4 Å². The van der Waals surface area contributed by atoms with Crippen LogP contribution in [-0.4, -0.2) is 34.3 Å². The van der Waals surface area contributed by atoms with E-state index < -0.39 is 6.17 Å². The molecule has 2 aliphatic heterocycles. The maximum absolute atomic E-state index is 13.4. The molecule has 1 atom stereocenters. The van der Waals surface area contributed by atoms with Gasteiger partial charge in [0.05, 0.1) is 11.3 Å². The number of anilines is 2. The van der Waals surface area contributed by atoms with E-state index in [1.807, 2.05) is 42.5 Å². The summed E-state index contributed by atoms with van der Waals surface area (Å²) >= 11 is 0. The van der Waals surface area contributed by atoms with Crippen LogP contribution in [0.5, 0.6) is 5.75 Å². The molecule has 5 rings (SSSR count). The lowest BCUT2D eigenvalue weighted by Gasteiger charge is -2.41. The van der Waals surface area contributed by atoms with Crippen LogP contribution in [0.4, 0.5) is 11.4 Å². The van der Waals surface area contributed by atoms with Gasteiger partial charge in [-0.15, -0.1) is 0 Å². The Morgan fingerprint density at radius 3 is 2.32 bits per heavy atom. The van der Waals surface area contributed by atoms with Crippen molar-refractivity contribution in [3.8, 4) is 5.75 Å². The first-order chi connectivity index (χ1) is 16.5. The average Bonchev–Trinajstić information content (AvgIpc) is 3.15. The van der Waals surface area contributed by atoms with Gasteiger partial charge in [0, 0.05) is 29.8 Å². The van der Waals surface area contributed by atoms with Gasteiger partial charge in [-0.05, 0) is 55.3 Å². The third-order valence-electron chi connectivity index (χ3n) is 6.34. The number of aromatic hydroxyl groups is 1. The number of nitrogens with zero attached hydrogens (tertiary/aromatic N) is 2. The van der Waals surface area contributed by atoms with Crippen LogP contribution in [0.15, 0.2) is 72.8 Å². The molecule has 0 saturated carbocycles. The van der Waals surface area contributed by atoms with E-state index in [4.69, 9.17) is 0 Å². The number of amides is 3. The van der Waals surface area contributed by atoms with Crippen LogP contribution in [0.1, 0.15) is 58.1 Å². The molecule has 7 nitrogen and oxygen atoms in total. The Morgan fingerprint density at radius 1 is 0.824 bits per heavy atom. The van der Waals surface area contributed by atoms with Crippen molar-refractivity contribution in [1.29, 1.82) is 0 Å². The number of fused-ring (bicyclic) bond motifs is 5. The van der Waals surface area contributed by atoms with Crippen molar-refractivity contribution in [2.45, 2.75) is 31.8 Å². The third-order valence-corrected chi connectivity index (χ3v) is 6.34. The fourth-order valence-electron chi connectivity index (χ4n) is 4.71. The molecule has 0 aromatic heterocycles. The quantitative estimate of drug-likeness (QED) is 0.399. The topological polar surface area (TPSA) is 90.0 Å². The highest BCUT2D eigenvalue weighted by Crippen LogP contribution is 2.45. The summed E-state index contributed by atoms with van der Waals surface area (Å²) in [6, 6.07) is 21.1. The van der Waals surface area contributed by atoms with Crippen LogP contribution in [0, 0.1) is 0 Å². The molecule has 1 unspecified atom stereocenters. The average molecular weight is 456 g/mol. The monoisotopic (exact) mass is 455 g/mol. The number of nitrogens with one attached hydrogen (secondary N) is 1. The molecule has 0 fully saturated rings. The first-order valence-corrected chi connectivity index (χ1v) is 11.5. The van der Waals surface area contributed by atoms with Gasteiger partial charge < -0.3 is 15.3 Å². The molecular formula is C27H25N3O4. The first-order valence-electron chi connectivity index (χ1n) is 11.5. The highest BCUT2D eigenvalue weighted by molar-refractivity contribution is 6.16. The van der Waals surface area contributed by atoms with Gasteiger partial charge in [-0.2, -0.15) is 0 Å². The molecule has 3 aromatic rings. The molecule has 0 radical (unpaired) electrons. The third kappa shape index (κ3) is 3.90. The van der Waals surface area contributed by atoms with Crippen molar-refractivity contribution in [1.82, 2.24) is 4.90 Å². The van der Waals surface area contributed by atoms with E-state index in [1.54, 1.807) is 28.0 Å². The van der Waals surface area contributed by atoms with Crippen LogP contribution in [0.3, 0.4) is 0 Å². The molecule has 34 heavy (non-hydrogen) atoms. The second kappa shape index (κ2) is 9.02. The molecule has 2 aliphatic rings. The van der Waals surface area contributed by atoms with Gasteiger partial charge in [-0.1, -0.05) is 36.8 Å². The predicted molar refractivity (Wildman–Crippen MR) is 129 cm³/mol. The Kier molecular flexibility index (Phi) is 5.76. The van der Waals surface area contributed by atoms with Crippen molar-refractivity contribution in [3.63, 3.8) is 0 Å². The Bertz CT molecular complexity index is 1250. The summed E-state index contributed by atoms with van der Waals surface area (Å²) in [6.45, 7) is 0.496. The van der Waals surface area contributed by atoms with Gasteiger partial charge in [0.1, 0.15) is 11.9 Å². The summed E-state index contributed by atoms with van der Waals surface area (Å²) in [5.74, 6) is -0.101. The predicted octanol–water partition coefficient (Wildman–Crippen LogP) is 4.71. The number of benzene rings is 3. The van der Waals surface area contributed by atoms with E-state index in [-0.39, 0.29) is 23.5 Å².